The van der Waals surface area contributed by atoms with Gasteiger partial charge in [0.2, 0.25) is 9.84 Å². The van der Waals surface area contributed by atoms with Gasteiger partial charge in [-0.3, -0.25) is 0 Å². The second kappa shape index (κ2) is 4.64. The van der Waals surface area contributed by atoms with Crippen LogP contribution in [0.25, 0.3) is 0 Å². The molecule has 4 nitrogen and oxygen atoms in total. The molecule has 0 atom stereocenters. The molecular weight excluding hydrogens is 284 g/mol. The Labute approximate surface area is 115 Å². The van der Waals surface area contributed by atoms with Crippen LogP contribution in [-0.4, -0.2) is 12.9 Å². The zero-order chi connectivity index (χ0) is 13.3. The summed E-state index contributed by atoms with van der Waals surface area (Å²) in [6.45, 7) is 0. The van der Waals surface area contributed by atoms with E-state index in [1.54, 1.807) is 30.3 Å². The average Bonchev–Trinajstić information content (AvgIpc) is 3.22. The SMILES string of the molecule is O=S(=O)(c1ccccc1)C1(Sc2ccccc2)OO1. The van der Waals surface area contributed by atoms with Crippen molar-refractivity contribution in [1.29, 1.82) is 0 Å². The van der Waals surface area contributed by atoms with E-state index in [2.05, 4.69) is 0 Å². The number of sulfone groups is 1. The molecule has 0 bridgehead atoms. The third-order valence-corrected chi connectivity index (χ3v) is 6.08. The first kappa shape index (κ1) is 12.7. The van der Waals surface area contributed by atoms with E-state index in [9.17, 15) is 8.42 Å². The van der Waals surface area contributed by atoms with Gasteiger partial charge in [-0.2, -0.15) is 9.78 Å². The van der Waals surface area contributed by atoms with E-state index in [1.807, 2.05) is 18.2 Å². The van der Waals surface area contributed by atoms with Gasteiger partial charge >= 0.3 is 4.45 Å². The predicted molar refractivity (Wildman–Crippen MR) is 70.8 cm³/mol. The molecule has 2 aromatic rings. The number of hydrogen-bond acceptors (Lipinski definition) is 5. The van der Waals surface area contributed by atoms with Gasteiger partial charge in [0.05, 0.1) is 4.90 Å². The van der Waals surface area contributed by atoms with Gasteiger partial charge in [0.1, 0.15) is 0 Å². The highest BCUT2D eigenvalue weighted by Crippen LogP contribution is 2.52. The van der Waals surface area contributed by atoms with Crippen molar-refractivity contribution in [2.75, 3.05) is 0 Å². The molecule has 0 spiro atoms. The molecule has 1 fully saturated rings. The van der Waals surface area contributed by atoms with Crippen molar-refractivity contribution in [3.05, 3.63) is 60.7 Å². The van der Waals surface area contributed by atoms with Gasteiger partial charge < -0.3 is 0 Å². The van der Waals surface area contributed by atoms with Crippen LogP contribution in [0.2, 0.25) is 0 Å². The molecule has 0 amide bonds. The van der Waals surface area contributed by atoms with Gasteiger partial charge in [-0.25, -0.2) is 8.42 Å². The Morgan fingerprint density at radius 1 is 0.842 bits per heavy atom. The van der Waals surface area contributed by atoms with E-state index >= 15 is 0 Å². The molecule has 1 aliphatic heterocycles. The van der Waals surface area contributed by atoms with E-state index in [0.29, 0.717) is 0 Å². The van der Waals surface area contributed by atoms with Crippen LogP contribution in [0, 0.1) is 0 Å². The van der Waals surface area contributed by atoms with Crippen molar-refractivity contribution in [3.8, 4) is 0 Å². The minimum absolute atomic E-state index is 0.177. The summed E-state index contributed by atoms with van der Waals surface area (Å²) in [6, 6.07) is 17.2. The molecule has 0 N–H and O–H groups in total. The molecule has 1 heterocycles. The smallest absolute Gasteiger partial charge is 0.217 e. The lowest BCUT2D eigenvalue weighted by atomic mass is 10.4. The van der Waals surface area contributed by atoms with Crippen LogP contribution < -0.4 is 0 Å². The molecule has 0 saturated carbocycles. The Balaban J connectivity index is 1.93. The minimum atomic E-state index is -3.71. The third-order valence-electron chi connectivity index (χ3n) is 2.59. The standard InChI is InChI=1S/C13H10O4S2/c14-19(15,12-9-5-2-6-10-12)13(16-17-13)18-11-7-3-1-4-8-11/h1-10H. The Morgan fingerprint density at radius 2 is 1.37 bits per heavy atom. The monoisotopic (exact) mass is 294 g/mol. The second-order valence-electron chi connectivity index (χ2n) is 3.90. The zero-order valence-electron chi connectivity index (χ0n) is 9.72. The number of thioether (sulfide) groups is 1. The predicted octanol–water partition coefficient (Wildman–Crippen LogP) is 2.83. The molecule has 19 heavy (non-hydrogen) atoms. The summed E-state index contributed by atoms with van der Waals surface area (Å²) >= 11 is 1.03. The molecular formula is C13H10O4S2. The fourth-order valence-corrected chi connectivity index (χ4v) is 4.31. The summed E-state index contributed by atoms with van der Waals surface area (Å²) < 4.78 is 23.2. The highest BCUT2D eigenvalue weighted by Gasteiger charge is 2.63. The Morgan fingerprint density at radius 3 is 1.89 bits per heavy atom. The Kier molecular flexibility index (Phi) is 3.10. The maximum atomic E-state index is 12.4. The van der Waals surface area contributed by atoms with Crippen LogP contribution >= 0.6 is 11.8 Å². The maximum absolute atomic E-state index is 12.4. The lowest BCUT2D eigenvalue weighted by molar-refractivity contribution is 0.0850. The summed E-state index contributed by atoms with van der Waals surface area (Å²) in [5.74, 6) is 0. The van der Waals surface area contributed by atoms with E-state index in [4.69, 9.17) is 9.78 Å². The van der Waals surface area contributed by atoms with Crippen molar-refractivity contribution in [2.24, 2.45) is 0 Å². The van der Waals surface area contributed by atoms with Crippen LogP contribution in [-0.2, 0) is 19.6 Å². The summed E-state index contributed by atoms with van der Waals surface area (Å²) in [7, 11) is -3.71. The molecule has 0 radical (unpaired) electrons. The summed E-state index contributed by atoms with van der Waals surface area (Å²) in [5.41, 5.74) is 0. The first-order chi connectivity index (χ1) is 9.14. The zero-order valence-corrected chi connectivity index (χ0v) is 11.4. The molecule has 0 aliphatic carbocycles. The molecule has 98 valence electrons. The number of benzene rings is 2. The van der Waals surface area contributed by atoms with Crippen LogP contribution in [0.4, 0.5) is 0 Å². The van der Waals surface area contributed by atoms with E-state index in [1.165, 1.54) is 12.1 Å². The normalized spacial score (nSPS) is 17.1. The average molecular weight is 294 g/mol. The van der Waals surface area contributed by atoms with Gasteiger partial charge in [-0.1, -0.05) is 36.4 Å². The quantitative estimate of drug-likeness (QED) is 0.641. The van der Waals surface area contributed by atoms with Crippen molar-refractivity contribution >= 4 is 21.6 Å². The van der Waals surface area contributed by atoms with Gasteiger partial charge in [0, 0.05) is 4.90 Å². The highest BCUT2D eigenvalue weighted by molar-refractivity contribution is 8.14. The molecule has 0 unspecified atom stereocenters. The van der Waals surface area contributed by atoms with E-state index < -0.39 is 14.3 Å². The largest absolute Gasteiger partial charge is 0.387 e. The van der Waals surface area contributed by atoms with Gasteiger partial charge in [-0.15, -0.1) is 0 Å². The lowest BCUT2D eigenvalue weighted by Gasteiger charge is -2.08. The third kappa shape index (κ3) is 2.28. The van der Waals surface area contributed by atoms with Gasteiger partial charge in [0.15, 0.2) is 0 Å². The second-order valence-corrected chi connectivity index (χ2v) is 7.39. The fourth-order valence-electron chi connectivity index (χ4n) is 1.59. The van der Waals surface area contributed by atoms with Crippen molar-refractivity contribution in [2.45, 2.75) is 14.2 Å². The van der Waals surface area contributed by atoms with Gasteiger partial charge in [-0.05, 0) is 36.0 Å². The first-order valence-electron chi connectivity index (χ1n) is 5.55. The number of rotatable bonds is 4. The Hall–Kier alpha value is -1.34. The molecule has 1 aliphatic rings. The Bertz CT molecular complexity index is 664. The van der Waals surface area contributed by atoms with Gasteiger partial charge in [0.25, 0.3) is 0 Å². The van der Waals surface area contributed by atoms with Crippen molar-refractivity contribution in [3.63, 3.8) is 0 Å². The van der Waals surface area contributed by atoms with Crippen LogP contribution in [0.5, 0.6) is 0 Å². The minimum Gasteiger partial charge on any atom is -0.217 e. The van der Waals surface area contributed by atoms with Crippen LogP contribution in [0.15, 0.2) is 70.5 Å². The summed E-state index contributed by atoms with van der Waals surface area (Å²) in [6.07, 6.45) is 0. The molecule has 3 rings (SSSR count). The molecule has 2 aromatic carbocycles. The first-order valence-corrected chi connectivity index (χ1v) is 7.85. The molecule has 1 saturated heterocycles. The van der Waals surface area contributed by atoms with E-state index in [0.717, 1.165) is 16.7 Å². The fraction of sp³-hybridized carbons (Fsp3) is 0.0769. The van der Waals surface area contributed by atoms with E-state index in [-0.39, 0.29) is 4.90 Å². The topological polar surface area (TPSA) is 59.2 Å². The van der Waals surface area contributed by atoms with Crippen molar-refractivity contribution in [1.82, 2.24) is 0 Å². The maximum Gasteiger partial charge on any atom is 0.387 e. The van der Waals surface area contributed by atoms with Crippen LogP contribution in [0.1, 0.15) is 0 Å². The summed E-state index contributed by atoms with van der Waals surface area (Å²) in [5, 5.41) is 0. The molecule has 0 aromatic heterocycles. The summed E-state index contributed by atoms with van der Waals surface area (Å²) in [4.78, 5) is 10.5. The highest BCUT2D eigenvalue weighted by atomic mass is 32.3. The van der Waals surface area contributed by atoms with Crippen molar-refractivity contribution < 1.29 is 18.2 Å². The lowest BCUT2D eigenvalue weighted by Crippen LogP contribution is -2.20. The van der Waals surface area contributed by atoms with Crippen LogP contribution in [0.3, 0.4) is 0 Å². The molecule has 6 heteroatoms. The number of hydrogen-bond donors (Lipinski definition) is 0.